The molecule has 2 aromatic carbocycles. The number of carbonyl (C=O) groups excluding carboxylic acids is 2. The molecule has 1 N–H and O–H groups in total. The third-order valence-corrected chi connectivity index (χ3v) is 6.83. The number of rotatable bonds is 8. The van der Waals surface area contributed by atoms with Crippen LogP contribution in [0.4, 0.5) is 11.4 Å². The SMILES string of the molecule is CCOC(=O)C1CCN(C(=O)c2ccc(S(=O)(=O)Nc3cc([N+](=O)[O-])ccc3OC)cc2)CC1. The van der Waals surface area contributed by atoms with E-state index >= 15 is 0 Å². The minimum atomic E-state index is -4.11. The molecular formula is C22H25N3O8S. The van der Waals surface area contributed by atoms with Crippen molar-refractivity contribution in [2.75, 3.05) is 31.5 Å². The smallest absolute Gasteiger partial charge is 0.309 e. The maximum atomic E-state index is 12.8. The first-order valence-corrected chi connectivity index (χ1v) is 12.1. The number of sulfonamides is 1. The number of hydrogen-bond donors (Lipinski definition) is 1. The van der Waals surface area contributed by atoms with Gasteiger partial charge in [-0.25, -0.2) is 8.42 Å². The van der Waals surface area contributed by atoms with Crippen molar-refractivity contribution in [2.24, 2.45) is 5.92 Å². The van der Waals surface area contributed by atoms with E-state index in [0.29, 0.717) is 38.1 Å². The third-order valence-electron chi connectivity index (χ3n) is 5.45. The molecule has 0 aliphatic carbocycles. The van der Waals surface area contributed by atoms with Crippen LogP contribution in [0.3, 0.4) is 0 Å². The number of methoxy groups -OCH3 is 1. The highest BCUT2D eigenvalue weighted by molar-refractivity contribution is 7.92. The molecule has 1 aliphatic heterocycles. The van der Waals surface area contributed by atoms with Gasteiger partial charge in [-0.1, -0.05) is 0 Å². The summed E-state index contributed by atoms with van der Waals surface area (Å²) in [4.78, 5) is 36.5. The molecule has 1 fully saturated rings. The van der Waals surface area contributed by atoms with Crippen molar-refractivity contribution in [3.63, 3.8) is 0 Å². The molecule has 0 saturated carbocycles. The van der Waals surface area contributed by atoms with Gasteiger partial charge in [0.15, 0.2) is 0 Å². The fraction of sp³-hybridized carbons (Fsp3) is 0.364. The van der Waals surface area contributed by atoms with Crippen molar-refractivity contribution < 1.29 is 32.4 Å². The highest BCUT2D eigenvalue weighted by atomic mass is 32.2. The van der Waals surface area contributed by atoms with Gasteiger partial charge >= 0.3 is 5.97 Å². The van der Waals surface area contributed by atoms with Gasteiger partial charge in [0.05, 0.1) is 35.1 Å². The first kappa shape index (κ1) is 25.0. The minimum absolute atomic E-state index is 0.0821. The third kappa shape index (κ3) is 5.63. The first-order valence-electron chi connectivity index (χ1n) is 10.6. The van der Waals surface area contributed by atoms with E-state index in [9.17, 15) is 28.1 Å². The fourth-order valence-corrected chi connectivity index (χ4v) is 4.69. The molecule has 1 saturated heterocycles. The lowest BCUT2D eigenvalue weighted by Gasteiger charge is -2.31. The molecule has 182 valence electrons. The summed E-state index contributed by atoms with van der Waals surface area (Å²) >= 11 is 0. The molecule has 1 amide bonds. The molecule has 34 heavy (non-hydrogen) atoms. The van der Waals surface area contributed by atoms with Gasteiger partial charge < -0.3 is 14.4 Å². The molecule has 0 spiro atoms. The van der Waals surface area contributed by atoms with Crippen LogP contribution in [0.1, 0.15) is 30.1 Å². The van der Waals surface area contributed by atoms with Crippen molar-refractivity contribution >= 4 is 33.3 Å². The number of nitrogens with zero attached hydrogens (tertiary/aromatic N) is 2. The van der Waals surface area contributed by atoms with Crippen LogP contribution < -0.4 is 9.46 Å². The molecule has 11 nitrogen and oxygen atoms in total. The second kappa shape index (κ2) is 10.5. The van der Waals surface area contributed by atoms with Gasteiger partial charge in [0.1, 0.15) is 5.75 Å². The zero-order valence-corrected chi connectivity index (χ0v) is 19.5. The van der Waals surface area contributed by atoms with Crippen molar-refractivity contribution in [1.29, 1.82) is 0 Å². The lowest BCUT2D eigenvalue weighted by atomic mass is 9.96. The monoisotopic (exact) mass is 491 g/mol. The van der Waals surface area contributed by atoms with Crippen LogP contribution in [0.2, 0.25) is 0 Å². The zero-order chi connectivity index (χ0) is 24.9. The molecule has 0 atom stereocenters. The Morgan fingerprint density at radius 3 is 2.35 bits per heavy atom. The van der Waals surface area contributed by atoms with Gasteiger partial charge in [0, 0.05) is 30.8 Å². The van der Waals surface area contributed by atoms with Gasteiger partial charge in [0.2, 0.25) is 0 Å². The summed E-state index contributed by atoms with van der Waals surface area (Å²) in [6, 6.07) is 8.93. The number of piperidine rings is 1. The summed E-state index contributed by atoms with van der Waals surface area (Å²) < 4.78 is 38.0. The number of ether oxygens (including phenoxy) is 2. The minimum Gasteiger partial charge on any atom is -0.495 e. The van der Waals surface area contributed by atoms with E-state index in [1.54, 1.807) is 11.8 Å². The lowest BCUT2D eigenvalue weighted by molar-refractivity contribution is -0.384. The van der Waals surface area contributed by atoms with Crippen molar-refractivity contribution in [1.82, 2.24) is 4.90 Å². The van der Waals surface area contributed by atoms with Crippen LogP contribution >= 0.6 is 0 Å². The lowest BCUT2D eigenvalue weighted by Crippen LogP contribution is -2.40. The van der Waals surface area contributed by atoms with Gasteiger partial charge in [-0.2, -0.15) is 0 Å². The van der Waals surface area contributed by atoms with E-state index < -0.39 is 14.9 Å². The quantitative estimate of drug-likeness (QED) is 0.337. The maximum Gasteiger partial charge on any atom is 0.309 e. The number of non-ortho nitro benzene ring substituents is 1. The van der Waals surface area contributed by atoms with E-state index in [4.69, 9.17) is 9.47 Å². The predicted octanol–water partition coefficient (Wildman–Crippen LogP) is 2.82. The molecule has 0 radical (unpaired) electrons. The normalized spacial score (nSPS) is 14.4. The Hall–Kier alpha value is -3.67. The summed E-state index contributed by atoms with van der Waals surface area (Å²) in [6.07, 6.45) is 1.01. The molecule has 0 bridgehead atoms. The highest BCUT2D eigenvalue weighted by Crippen LogP contribution is 2.31. The molecule has 0 aromatic heterocycles. The largest absolute Gasteiger partial charge is 0.495 e. The van der Waals surface area contributed by atoms with E-state index in [0.717, 1.165) is 6.07 Å². The number of nitrogens with one attached hydrogen (secondary N) is 1. The first-order chi connectivity index (χ1) is 16.2. The average Bonchev–Trinajstić information content (AvgIpc) is 2.83. The number of likely N-dealkylation sites (tertiary alicyclic amines) is 1. The molecule has 1 aliphatic rings. The molecule has 3 rings (SSSR count). The van der Waals surface area contributed by atoms with Gasteiger partial charge in [-0.15, -0.1) is 0 Å². The molecule has 12 heteroatoms. The van der Waals surface area contributed by atoms with Gasteiger partial charge in [-0.3, -0.25) is 24.4 Å². The summed E-state index contributed by atoms with van der Waals surface area (Å²) in [5.74, 6) is -0.628. The number of amides is 1. The van der Waals surface area contributed by atoms with Crippen molar-refractivity contribution in [3.8, 4) is 5.75 Å². The number of benzene rings is 2. The highest BCUT2D eigenvalue weighted by Gasteiger charge is 2.29. The summed E-state index contributed by atoms with van der Waals surface area (Å²) in [5, 5.41) is 11.0. The second-order valence-electron chi connectivity index (χ2n) is 7.59. The van der Waals surface area contributed by atoms with Crippen LogP contribution in [0, 0.1) is 16.0 Å². The topological polar surface area (TPSA) is 145 Å². The Kier molecular flexibility index (Phi) is 7.72. The number of esters is 1. The number of nitro groups is 1. The van der Waals surface area contributed by atoms with Crippen LogP contribution in [0.5, 0.6) is 5.75 Å². The standard InChI is InChI=1S/C22H25N3O8S/c1-3-33-22(27)16-10-12-24(13-11-16)21(26)15-4-7-18(8-5-15)34(30,31)23-19-14-17(25(28)29)6-9-20(19)32-2/h4-9,14,16,23H,3,10-13H2,1-2H3. The van der Waals surface area contributed by atoms with Crippen LogP contribution in [-0.4, -0.2) is 56.9 Å². The van der Waals surface area contributed by atoms with Crippen LogP contribution in [0.25, 0.3) is 0 Å². The number of anilines is 1. The number of carbonyl (C=O) groups is 2. The Balaban J connectivity index is 1.70. The number of nitro benzene ring substituents is 1. The van der Waals surface area contributed by atoms with Crippen LogP contribution in [-0.2, 0) is 19.6 Å². The summed E-state index contributed by atoms with van der Waals surface area (Å²) in [5.41, 5.74) is -0.0750. The van der Waals surface area contributed by atoms with E-state index in [1.165, 1.54) is 43.5 Å². The average molecular weight is 492 g/mol. The zero-order valence-electron chi connectivity index (χ0n) is 18.7. The molecule has 1 heterocycles. The van der Waals surface area contributed by atoms with Crippen molar-refractivity contribution in [3.05, 3.63) is 58.1 Å². The maximum absolute atomic E-state index is 12.8. The second-order valence-corrected chi connectivity index (χ2v) is 9.27. The van der Waals surface area contributed by atoms with Crippen LogP contribution in [0.15, 0.2) is 47.4 Å². The molecular weight excluding hydrogens is 466 g/mol. The fourth-order valence-electron chi connectivity index (χ4n) is 3.63. The van der Waals surface area contributed by atoms with Gasteiger partial charge in [0.25, 0.3) is 21.6 Å². The Labute approximate surface area is 196 Å². The van der Waals surface area contributed by atoms with E-state index in [2.05, 4.69) is 4.72 Å². The Morgan fingerprint density at radius 1 is 1.15 bits per heavy atom. The number of hydrogen-bond acceptors (Lipinski definition) is 8. The van der Waals surface area contributed by atoms with E-state index in [-0.39, 0.29) is 39.8 Å². The van der Waals surface area contributed by atoms with Crippen molar-refractivity contribution in [2.45, 2.75) is 24.7 Å². The molecule has 0 unspecified atom stereocenters. The van der Waals surface area contributed by atoms with E-state index in [1.807, 2.05) is 0 Å². The Bertz CT molecular complexity index is 1170. The summed E-state index contributed by atoms with van der Waals surface area (Å²) in [7, 11) is -2.79. The molecule has 2 aromatic rings. The Morgan fingerprint density at radius 2 is 1.79 bits per heavy atom. The predicted molar refractivity (Wildman–Crippen MR) is 122 cm³/mol. The van der Waals surface area contributed by atoms with Gasteiger partial charge in [-0.05, 0) is 50.1 Å². The summed E-state index contributed by atoms with van der Waals surface area (Å²) in [6.45, 7) is 2.86.